The molecular formula is C22H32O4. The number of hydrogen-bond acceptors (Lipinski definition) is 4. The number of Topliss-reactive ketones (excluding diaryl/α,β-unsaturated/α-hetero) is 1. The van der Waals surface area contributed by atoms with Gasteiger partial charge >= 0.3 is 0 Å². The highest BCUT2D eigenvalue weighted by atomic mass is 16.3. The second kappa shape index (κ2) is 10.0. The minimum atomic E-state index is -0.374. The van der Waals surface area contributed by atoms with Crippen LogP contribution >= 0.6 is 0 Å². The summed E-state index contributed by atoms with van der Waals surface area (Å²) in [5, 5.41) is 30.7. The lowest BCUT2D eigenvalue weighted by atomic mass is 9.91. The van der Waals surface area contributed by atoms with Crippen molar-refractivity contribution in [3.05, 3.63) is 40.5 Å². The summed E-state index contributed by atoms with van der Waals surface area (Å²) in [6.07, 6.45) is 7.76. The van der Waals surface area contributed by atoms with Crippen LogP contribution in [0, 0.1) is 5.92 Å². The fraction of sp³-hybridized carbons (Fsp3) is 0.500. The quantitative estimate of drug-likeness (QED) is 0.392. The standard InChI is InChI=1S/C22H32O4/c1-6-8-16(5)21(25)20-19(24)13-18(23)17(22(20)26)12-11-15(4)10-7-9-14(2)3/h9,11,13,16,23-24,26H,6-8,10,12H2,1-5H3/b15-11+. The molecule has 0 fully saturated rings. The van der Waals surface area contributed by atoms with Crippen LogP contribution in [0.15, 0.2) is 29.4 Å². The molecular weight excluding hydrogens is 328 g/mol. The summed E-state index contributed by atoms with van der Waals surface area (Å²) in [7, 11) is 0. The minimum Gasteiger partial charge on any atom is -0.507 e. The molecule has 0 aliphatic heterocycles. The first-order valence-corrected chi connectivity index (χ1v) is 9.28. The molecule has 0 heterocycles. The maximum absolute atomic E-state index is 12.6. The number of benzene rings is 1. The smallest absolute Gasteiger partial charge is 0.173 e. The highest BCUT2D eigenvalue weighted by molar-refractivity contribution is 6.03. The maximum atomic E-state index is 12.6. The van der Waals surface area contributed by atoms with Crippen LogP contribution in [0.4, 0.5) is 0 Å². The molecule has 26 heavy (non-hydrogen) atoms. The monoisotopic (exact) mass is 360 g/mol. The Morgan fingerprint density at radius 3 is 2.35 bits per heavy atom. The van der Waals surface area contributed by atoms with Gasteiger partial charge < -0.3 is 15.3 Å². The fourth-order valence-electron chi connectivity index (χ4n) is 2.90. The Kier molecular flexibility index (Phi) is 8.43. The van der Waals surface area contributed by atoms with Crippen LogP contribution in [0.3, 0.4) is 0 Å². The second-order valence-corrected chi connectivity index (χ2v) is 7.25. The number of phenols is 3. The number of carbonyl (C=O) groups is 1. The van der Waals surface area contributed by atoms with Gasteiger partial charge in [0.1, 0.15) is 22.8 Å². The first-order valence-electron chi connectivity index (χ1n) is 9.28. The van der Waals surface area contributed by atoms with Crippen molar-refractivity contribution in [1.82, 2.24) is 0 Å². The van der Waals surface area contributed by atoms with E-state index in [0.717, 1.165) is 30.9 Å². The van der Waals surface area contributed by atoms with E-state index in [2.05, 4.69) is 19.9 Å². The predicted molar refractivity (Wildman–Crippen MR) is 106 cm³/mol. The van der Waals surface area contributed by atoms with Crippen LogP contribution in [0.25, 0.3) is 0 Å². The van der Waals surface area contributed by atoms with E-state index in [-0.39, 0.29) is 40.1 Å². The van der Waals surface area contributed by atoms with Crippen molar-refractivity contribution in [2.75, 3.05) is 0 Å². The van der Waals surface area contributed by atoms with E-state index in [9.17, 15) is 20.1 Å². The molecule has 0 saturated heterocycles. The highest BCUT2D eigenvalue weighted by Crippen LogP contribution is 2.39. The summed E-state index contributed by atoms with van der Waals surface area (Å²) in [6.45, 7) is 9.88. The van der Waals surface area contributed by atoms with Crippen LogP contribution in [0.5, 0.6) is 17.2 Å². The van der Waals surface area contributed by atoms with E-state index in [1.165, 1.54) is 5.57 Å². The molecule has 0 aliphatic carbocycles. The van der Waals surface area contributed by atoms with Crippen LogP contribution in [-0.2, 0) is 6.42 Å². The third kappa shape index (κ3) is 5.94. The van der Waals surface area contributed by atoms with Crippen molar-refractivity contribution in [3.8, 4) is 17.2 Å². The van der Waals surface area contributed by atoms with Gasteiger partial charge in [-0.1, -0.05) is 43.6 Å². The summed E-state index contributed by atoms with van der Waals surface area (Å²) >= 11 is 0. The Bertz CT molecular complexity index is 695. The van der Waals surface area contributed by atoms with Gasteiger partial charge in [-0.05, 0) is 46.5 Å². The van der Waals surface area contributed by atoms with Crippen LogP contribution in [0.1, 0.15) is 76.2 Å². The number of ketones is 1. The summed E-state index contributed by atoms with van der Waals surface area (Å²) in [5.41, 5.74) is 2.60. The molecule has 0 amide bonds. The van der Waals surface area contributed by atoms with Crippen molar-refractivity contribution in [2.24, 2.45) is 5.92 Å². The summed E-state index contributed by atoms with van der Waals surface area (Å²) in [6, 6.07) is 1.15. The fourth-order valence-corrected chi connectivity index (χ4v) is 2.90. The average molecular weight is 360 g/mol. The number of allylic oxidation sites excluding steroid dienone is 4. The van der Waals surface area contributed by atoms with Gasteiger partial charge in [0.25, 0.3) is 0 Å². The van der Waals surface area contributed by atoms with Gasteiger partial charge in [-0.3, -0.25) is 4.79 Å². The zero-order chi connectivity index (χ0) is 19.9. The molecule has 0 aliphatic rings. The number of hydrogen-bond donors (Lipinski definition) is 3. The Morgan fingerprint density at radius 2 is 1.77 bits per heavy atom. The van der Waals surface area contributed by atoms with E-state index < -0.39 is 0 Å². The van der Waals surface area contributed by atoms with Gasteiger partial charge in [0, 0.05) is 17.5 Å². The molecule has 1 aromatic carbocycles. The molecule has 0 aromatic heterocycles. The SMILES string of the molecule is CCCC(C)C(=O)c1c(O)cc(O)c(C/C=C(\C)CCC=C(C)C)c1O. The molecule has 0 saturated carbocycles. The number of phenolic OH excluding ortho intramolecular Hbond substituents is 3. The highest BCUT2D eigenvalue weighted by Gasteiger charge is 2.25. The molecule has 1 unspecified atom stereocenters. The van der Waals surface area contributed by atoms with Gasteiger partial charge in [-0.15, -0.1) is 0 Å². The molecule has 3 N–H and O–H groups in total. The van der Waals surface area contributed by atoms with Crippen molar-refractivity contribution >= 4 is 5.78 Å². The predicted octanol–water partition coefficient (Wildman–Crippen LogP) is 5.66. The lowest BCUT2D eigenvalue weighted by Crippen LogP contribution is -2.12. The van der Waals surface area contributed by atoms with Crippen LogP contribution in [0.2, 0.25) is 0 Å². The normalized spacial score (nSPS) is 12.7. The topological polar surface area (TPSA) is 77.8 Å². The second-order valence-electron chi connectivity index (χ2n) is 7.25. The third-order valence-corrected chi connectivity index (χ3v) is 4.52. The summed E-state index contributed by atoms with van der Waals surface area (Å²) < 4.78 is 0. The molecule has 4 nitrogen and oxygen atoms in total. The zero-order valence-electron chi connectivity index (χ0n) is 16.6. The Morgan fingerprint density at radius 1 is 1.12 bits per heavy atom. The first kappa shape index (κ1) is 21.8. The lowest BCUT2D eigenvalue weighted by molar-refractivity contribution is 0.0917. The van der Waals surface area contributed by atoms with Crippen molar-refractivity contribution < 1.29 is 20.1 Å². The minimum absolute atomic E-state index is 0.0886. The van der Waals surface area contributed by atoms with E-state index in [1.54, 1.807) is 6.92 Å². The van der Waals surface area contributed by atoms with Crippen LogP contribution in [-0.4, -0.2) is 21.1 Å². The van der Waals surface area contributed by atoms with Crippen LogP contribution < -0.4 is 0 Å². The Balaban J connectivity index is 3.07. The first-order chi connectivity index (χ1) is 12.2. The van der Waals surface area contributed by atoms with Gasteiger partial charge in [-0.25, -0.2) is 0 Å². The molecule has 0 bridgehead atoms. The molecule has 4 heteroatoms. The molecule has 1 rings (SSSR count). The maximum Gasteiger partial charge on any atom is 0.173 e. The van der Waals surface area contributed by atoms with E-state index in [0.29, 0.717) is 12.8 Å². The van der Waals surface area contributed by atoms with Crippen molar-refractivity contribution in [3.63, 3.8) is 0 Å². The van der Waals surface area contributed by atoms with Gasteiger partial charge in [0.05, 0.1) is 0 Å². The van der Waals surface area contributed by atoms with Crippen molar-refractivity contribution in [1.29, 1.82) is 0 Å². The van der Waals surface area contributed by atoms with E-state index in [1.807, 2.05) is 19.9 Å². The number of rotatable bonds is 9. The Hall–Kier alpha value is -2.23. The summed E-state index contributed by atoms with van der Waals surface area (Å²) in [5.74, 6) is -1.49. The van der Waals surface area contributed by atoms with Gasteiger partial charge in [-0.2, -0.15) is 0 Å². The molecule has 144 valence electrons. The molecule has 0 spiro atoms. The molecule has 1 atom stereocenters. The van der Waals surface area contributed by atoms with E-state index in [4.69, 9.17) is 0 Å². The molecule has 1 aromatic rings. The number of carbonyl (C=O) groups excluding carboxylic acids is 1. The van der Waals surface area contributed by atoms with E-state index >= 15 is 0 Å². The number of aromatic hydroxyl groups is 3. The van der Waals surface area contributed by atoms with Crippen molar-refractivity contribution in [2.45, 2.75) is 66.7 Å². The third-order valence-electron chi connectivity index (χ3n) is 4.52. The average Bonchev–Trinajstić information content (AvgIpc) is 2.53. The largest absolute Gasteiger partial charge is 0.507 e. The Labute approximate surface area is 156 Å². The van der Waals surface area contributed by atoms with Gasteiger partial charge in [0.2, 0.25) is 0 Å². The van der Waals surface area contributed by atoms with Gasteiger partial charge in [0.15, 0.2) is 5.78 Å². The summed E-state index contributed by atoms with van der Waals surface area (Å²) in [4.78, 5) is 12.6. The zero-order valence-corrected chi connectivity index (χ0v) is 16.6. The lowest BCUT2D eigenvalue weighted by Gasteiger charge is -2.15. The molecule has 0 radical (unpaired) electrons.